The van der Waals surface area contributed by atoms with Gasteiger partial charge in [0.2, 0.25) is 0 Å². The van der Waals surface area contributed by atoms with E-state index < -0.39 is 0 Å². The third kappa shape index (κ3) is 3.13. The van der Waals surface area contributed by atoms with Gasteiger partial charge in [-0.15, -0.1) is 0 Å². The quantitative estimate of drug-likeness (QED) is 0.625. The minimum absolute atomic E-state index is 0.371. The van der Waals surface area contributed by atoms with Crippen molar-refractivity contribution >= 4 is 11.8 Å². The molecule has 1 nitrogen and oxygen atoms in total. The molecule has 2 bridgehead atoms. The van der Waals surface area contributed by atoms with Gasteiger partial charge < -0.3 is 0 Å². The molecular formula is C13H25NS. The van der Waals surface area contributed by atoms with E-state index >= 15 is 0 Å². The van der Waals surface area contributed by atoms with E-state index in [9.17, 15) is 0 Å². The van der Waals surface area contributed by atoms with Gasteiger partial charge in [-0.2, -0.15) is 11.8 Å². The number of hydrogen-bond acceptors (Lipinski definition) is 2. The van der Waals surface area contributed by atoms with Crippen LogP contribution in [-0.2, 0) is 0 Å². The highest BCUT2D eigenvalue weighted by Crippen LogP contribution is 2.32. The minimum atomic E-state index is 0.371. The van der Waals surface area contributed by atoms with Crippen LogP contribution in [0.25, 0.3) is 0 Å². The first kappa shape index (κ1) is 11.8. The van der Waals surface area contributed by atoms with Crippen LogP contribution in [0.1, 0.15) is 40.0 Å². The largest absolute Gasteiger partial charge is 0.298 e. The van der Waals surface area contributed by atoms with E-state index in [1.54, 1.807) is 0 Å². The molecule has 2 heteroatoms. The van der Waals surface area contributed by atoms with Crippen molar-refractivity contribution in [3.8, 4) is 0 Å². The van der Waals surface area contributed by atoms with E-state index in [0.717, 1.165) is 11.8 Å². The topological polar surface area (TPSA) is 3.24 Å². The first-order valence-electron chi connectivity index (χ1n) is 6.38. The lowest BCUT2D eigenvalue weighted by molar-refractivity contribution is 0.0829. The highest BCUT2D eigenvalue weighted by molar-refractivity contribution is 7.99. The zero-order valence-corrected chi connectivity index (χ0v) is 11.3. The summed E-state index contributed by atoms with van der Waals surface area (Å²) in [6, 6.07) is 0. The lowest BCUT2D eigenvalue weighted by Gasteiger charge is -2.43. The van der Waals surface area contributed by atoms with Crippen LogP contribution in [-0.4, -0.2) is 35.0 Å². The Balaban J connectivity index is 2.08. The lowest BCUT2D eigenvalue weighted by atomic mass is 9.91. The molecule has 15 heavy (non-hydrogen) atoms. The summed E-state index contributed by atoms with van der Waals surface area (Å²) in [5, 5.41) is 0. The second-order valence-electron chi connectivity index (χ2n) is 6.28. The first-order valence-corrected chi connectivity index (χ1v) is 7.54. The smallest absolute Gasteiger partial charge is 0.0125 e. The van der Waals surface area contributed by atoms with Crippen molar-refractivity contribution in [2.45, 2.75) is 45.6 Å². The summed E-state index contributed by atoms with van der Waals surface area (Å²) in [4.78, 5) is 2.74. The van der Waals surface area contributed by atoms with Gasteiger partial charge >= 0.3 is 0 Å². The van der Waals surface area contributed by atoms with Crippen LogP contribution in [0, 0.1) is 11.8 Å². The zero-order valence-electron chi connectivity index (χ0n) is 10.5. The van der Waals surface area contributed by atoms with Gasteiger partial charge in [-0.05, 0) is 57.0 Å². The van der Waals surface area contributed by atoms with Crippen molar-refractivity contribution in [3.05, 3.63) is 0 Å². The average molecular weight is 227 g/mol. The van der Waals surface area contributed by atoms with Gasteiger partial charge in [0.25, 0.3) is 0 Å². The van der Waals surface area contributed by atoms with Crippen LogP contribution >= 0.6 is 11.8 Å². The molecule has 3 heterocycles. The lowest BCUT2D eigenvalue weighted by Crippen LogP contribution is -2.49. The number of thioether (sulfide) groups is 1. The van der Waals surface area contributed by atoms with Crippen LogP contribution in [0.5, 0.6) is 0 Å². The number of nitrogens with zero attached hydrogens (tertiary/aromatic N) is 1. The Labute approximate surface area is 99.0 Å². The van der Waals surface area contributed by atoms with Crippen LogP contribution in [0.15, 0.2) is 0 Å². The molecule has 0 aromatic rings. The zero-order chi connectivity index (χ0) is 10.9. The van der Waals surface area contributed by atoms with Crippen LogP contribution in [0.3, 0.4) is 0 Å². The molecule has 3 aliphatic heterocycles. The maximum absolute atomic E-state index is 2.74. The first-order chi connectivity index (χ1) is 7.05. The molecule has 88 valence electrons. The van der Waals surface area contributed by atoms with Gasteiger partial charge in [0.15, 0.2) is 0 Å². The van der Waals surface area contributed by atoms with Crippen molar-refractivity contribution in [2.75, 3.05) is 24.6 Å². The monoisotopic (exact) mass is 227 g/mol. The molecule has 3 aliphatic rings. The van der Waals surface area contributed by atoms with Crippen molar-refractivity contribution in [2.24, 2.45) is 11.8 Å². The van der Waals surface area contributed by atoms with Crippen LogP contribution in [0.4, 0.5) is 0 Å². The second-order valence-corrected chi connectivity index (χ2v) is 7.35. The number of hydrogen-bond donors (Lipinski definition) is 0. The van der Waals surface area contributed by atoms with Gasteiger partial charge in [0.05, 0.1) is 0 Å². The van der Waals surface area contributed by atoms with Gasteiger partial charge in [0, 0.05) is 18.6 Å². The summed E-state index contributed by atoms with van der Waals surface area (Å²) >= 11 is 2.21. The summed E-state index contributed by atoms with van der Waals surface area (Å²) in [6.45, 7) is 9.80. The summed E-state index contributed by atoms with van der Waals surface area (Å²) in [5.41, 5.74) is 0.371. The highest BCUT2D eigenvalue weighted by atomic mass is 32.2. The third-order valence-corrected chi connectivity index (χ3v) is 5.25. The molecule has 2 atom stereocenters. The molecule has 0 aliphatic carbocycles. The standard InChI is InChI=1S/C13H25NS/c1-13(2,3)14-7-11-5-4-6-12(8-14)10-15-9-11/h11-12H,4-10H2,1-3H3. The van der Waals surface area contributed by atoms with E-state index in [2.05, 4.69) is 37.4 Å². The number of rotatable bonds is 0. The van der Waals surface area contributed by atoms with Crippen LogP contribution in [0.2, 0.25) is 0 Å². The Hall–Kier alpha value is 0.310. The molecule has 0 aromatic carbocycles. The van der Waals surface area contributed by atoms with E-state index in [1.165, 1.54) is 43.9 Å². The van der Waals surface area contributed by atoms with Crippen molar-refractivity contribution in [1.29, 1.82) is 0 Å². The molecule has 0 amide bonds. The molecule has 0 spiro atoms. The average Bonchev–Trinajstić information content (AvgIpc) is 1.95. The highest BCUT2D eigenvalue weighted by Gasteiger charge is 2.30. The molecule has 0 aromatic heterocycles. The molecular weight excluding hydrogens is 202 g/mol. The molecule has 0 saturated carbocycles. The third-order valence-electron chi connectivity index (χ3n) is 3.84. The maximum atomic E-state index is 2.74. The van der Waals surface area contributed by atoms with Gasteiger partial charge in [-0.3, -0.25) is 4.90 Å². The Morgan fingerprint density at radius 3 is 2.00 bits per heavy atom. The minimum Gasteiger partial charge on any atom is -0.298 e. The normalized spacial score (nSPS) is 34.6. The molecule has 0 N–H and O–H groups in total. The fraction of sp³-hybridized carbons (Fsp3) is 1.00. The summed E-state index contributed by atoms with van der Waals surface area (Å²) in [5.74, 6) is 4.72. The van der Waals surface area contributed by atoms with Gasteiger partial charge in [0.1, 0.15) is 0 Å². The molecule has 2 unspecified atom stereocenters. The summed E-state index contributed by atoms with van der Waals surface area (Å²) < 4.78 is 0. The Kier molecular flexibility index (Phi) is 3.67. The molecule has 0 radical (unpaired) electrons. The fourth-order valence-corrected chi connectivity index (χ4v) is 4.14. The summed E-state index contributed by atoms with van der Waals surface area (Å²) in [7, 11) is 0. The van der Waals surface area contributed by atoms with Gasteiger partial charge in [-0.1, -0.05) is 6.42 Å². The molecule has 3 saturated heterocycles. The summed E-state index contributed by atoms with van der Waals surface area (Å²) in [6.07, 6.45) is 4.42. The Morgan fingerprint density at radius 2 is 1.53 bits per heavy atom. The van der Waals surface area contributed by atoms with Crippen molar-refractivity contribution < 1.29 is 0 Å². The SMILES string of the molecule is CC(C)(C)N1CC2CCCC(CSC2)C1. The number of fused-ring (bicyclic) bond motifs is 6. The predicted octanol–water partition coefficient (Wildman–Crippen LogP) is 3.25. The maximum Gasteiger partial charge on any atom is 0.0125 e. The second kappa shape index (κ2) is 4.67. The van der Waals surface area contributed by atoms with Crippen LogP contribution < -0.4 is 0 Å². The fourth-order valence-electron chi connectivity index (χ4n) is 2.80. The van der Waals surface area contributed by atoms with E-state index in [4.69, 9.17) is 0 Å². The molecule has 3 fully saturated rings. The van der Waals surface area contributed by atoms with E-state index in [0.29, 0.717) is 5.54 Å². The van der Waals surface area contributed by atoms with Crippen molar-refractivity contribution in [1.82, 2.24) is 4.90 Å². The Bertz CT molecular complexity index is 185. The van der Waals surface area contributed by atoms with Crippen molar-refractivity contribution in [3.63, 3.8) is 0 Å². The predicted molar refractivity (Wildman–Crippen MR) is 69.5 cm³/mol. The van der Waals surface area contributed by atoms with E-state index in [-0.39, 0.29) is 0 Å². The van der Waals surface area contributed by atoms with Gasteiger partial charge in [-0.25, -0.2) is 0 Å². The molecule has 3 rings (SSSR count). The Morgan fingerprint density at radius 1 is 1.00 bits per heavy atom. The van der Waals surface area contributed by atoms with E-state index in [1.807, 2.05) is 0 Å².